The number of fused-ring (bicyclic) bond motifs is 1. The fourth-order valence-electron chi connectivity index (χ4n) is 3.84. The SMILES string of the molecule is C=C(OC)c1ccc2nc(-c3ccc(C(F)(F)F)cc3)c(CCCC(C)C(=C)OC(C)(C)C)nc2c1. The second kappa shape index (κ2) is 10.7. The molecule has 0 aliphatic heterocycles. The second-order valence-electron chi connectivity index (χ2n) is 9.90. The van der Waals surface area contributed by atoms with Crippen LogP contribution in [0.1, 0.15) is 57.4 Å². The van der Waals surface area contributed by atoms with Crippen LogP contribution < -0.4 is 0 Å². The Morgan fingerprint density at radius 2 is 1.64 bits per heavy atom. The number of ether oxygens (including phenoxy) is 2. The Morgan fingerprint density at radius 3 is 2.22 bits per heavy atom. The molecule has 192 valence electrons. The van der Waals surface area contributed by atoms with Crippen molar-refractivity contribution in [2.45, 2.75) is 58.7 Å². The van der Waals surface area contributed by atoms with Gasteiger partial charge < -0.3 is 9.47 Å². The Kier molecular flexibility index (Phi) is 8.12. The van der Waals surface area contributed by atoms with Crippen molar-refractivity contribution in [1.82, 2.24) is 9.97 Å². The third kappa shape index (κ3) is 6.86. The molecule has 7 heteroatoms. The van der Waals surface area contributed by atoms with E-state index >= 15 is 0 Å². The van der Waals surface area contributed by atoms with E-state index in [1.54, 1.807) is 7.11 Å². The number of hydrogen-bond acceptors (Lipinski definition) is 4. The highest BCUT2D eigenvalue weighted by Crippen LogP contribution is 2.32. The van der Waals surface area contributed by atoms with E-state index in [9.17, 15) is 13.2 Å². The summed E-state index contributed by atoms with van der Waals surface area (Å²) in [6.07, 6.45) is -2.19. The number of alkyl halides is 3. The molecule has 0 aliphatic rings. The predicted molar refractivity (Wildman–Crippen MR) is 138 cm³/mol. The summed E-state index contributed by atoms with van der Waals surface area (Å²) in [5, 5.41) is 0. The summed E-state index contributed by atoms with van der Waals surface area (Å²) in [5.41, 5.74) is 2.98. The lowest BCUT2D eigenvalue weighted by Gasteiger charge is -2.26. The van der Waals surface area contributed by atoms with E-state index < -0.39 is 11.7 Å². The number of nitrogens with zero attached hydrogens (tertiary/aromatic N) is 2. The molecule has 2 aromatic carbocycles. The van der Waals surface area contributed by atoms with Crippen LogP contribution in [0.25, 0.3) is 28.0 Å². The predicted octanol–water partition coefficient (Wildman–Crippen LogP) is 8.22. The summed E-state index contributed by atoms with van der Waals surface area (Å²) >= 11 is 0. The number of rotatable bonds is 9. The highest BCUT2D eigenvalue weighted by molar-refractivity contribution is 5.81. The maximum atomic E-state index is 13.1. The molecule has 0 fully saturated rings. The average Bonchev–Trinajstić information content (AvgIpc) is 2.81. The summed E-state index contributed by atoms with van der Waals surface area (Å²) in [7, 11) is 1.55. The molecule has 3 aromatic rings. The summed E-state index contributed by atoms with van der Waals surface area (Å²) in [4.78, 5) is 9.65. The van der Waals surface area contributed by atoms with Crippen molar-refractivity contribution in [1.29, 1.82) is 0 Å². The van der Waals surface area contributed by atoms with Gasteiger partial charge in [-0.1, -0.05) is 32.2 Å². The van der Waals surface area contributed by atoms with Crippen LogP contribution in [0, 0.1) is 5.92 Å². The largest absolute Gasteiger partial charge is 0.497 e. The molecule has 0 saturated heterocycles. The number of aromatic nitrogens is 2. The molecule has 4 nitrogen and oxygen atoms in total. The number of halogens is 3. The van der Waals surface area contributed by atoms with E-state index in [1.165, 1.54) is 12.1 Å². The number of allylic oxidation sites excluding steroid dienone is 1. The van der Waals surface area contributed by atoms with Crippen LogP contribution in [0.5, 0.6) is 0 Å². The number of aryl methyl sites for hydroxylation is 1. The van der Waals surface area contributed by atoms with E-state index in [0.29, 0.717) is 34.5 Å². The third-order valence-corrected chi connectivity index (χ3v) is 5.83. The van der Waals surface area contributed by atoms with Crippen LogP contribution in [-0.2, 0) is 22.1 Å². The van der Waals surface area contributed by atoms with Gasteiger partial charge in [0.2, 0.25) is 0 Å². The second-order valence-corrected chi connectivity index (χ2v) is 9.90. The Hall–Kier alpha value is -3.35. The summed E-state index contributed by atoms with van der Waals surface area (Å²) < 4.78 is 50.4. The third-order valence-electron chi connectivity index (χ3n) is 5.83. The fourth-order valence-corrected chi connectivity index (χ4v) is 3.84. The first-order valence-electron chi connectivity index (χ1n) is 11.9. The van der Waals surface area contributed by atoms with Crippen LogP contribution in [0.3, 0.4) is 0 Å². The molecule has 1 unspecified atom stereocenters. The van der Waals surface area contributed by atoms with Gasteiger partial charge in [0.1, 0.15) is 11.4 Å². The minimum absolute atomic E-state index is 0.142. The zero-order chi connectivity index (χ0) is 26.7. The molecular formula is C29H33F3N2O2. The quantitative estimate of drug-likeness (QED) is 0.279. The van der Waals surface area contributed by atoms with Gasteiger partial charge in [-0.15, -0.1) is 0 Å². The van der Waals surface area contributed by atoms with E-state index in [1.807, 2.05) is 39.0 Å². The monoisotopic (exact) mass is 498 g/mol. The smallest absolute Gasteiger partial charge is 0.416 e. The first-order valence-corrected chi connectivity index (χ1v) is 11.9. The van der Waals surface area contributed by atoms with Gasteiger partial charge in [0.05, 0.1) is 40.9 Å². The Balaban J connectivity index is 1.93. The van der Waals surface area contributed by atoms with Gasteiger partial charge in [-0.3, -0.25) is 0 Å². The number of hydrogen-bond donors (Lipinski definition) is 0. The standard InChI is InChI=1S/C29H33F3N2O2/c1-18(19(2)36-28(4,5)6)9-8-10-25-27(21-11-14-23(15-12-21)29(30,31)32)34-24-16-13-22(20(3)35-7)17-26(24)33-25/h11-18H,2-3,8-10H2,1,4-7H3. The van der Waals surface area contributed by atoms with E-state index in [-0.39, 0.29) is 11.5 Å². The van der Waals surface area contributed by atoms with Crippen LogP contribution in [0.2, 0.25) is 0 Å². The molecule has 1 heterocycles. The van der Waals surface area contributed by atoms with E-state index in [2.05, 4.69) is 20.1 Å². The maximum Gasteiger partial charge on any atom is 0.416 e. The first-order chi connectivity index (χ1) is 16.8. The van der Waals surface area contributed by atoms with Gasteiger partial charge in [0.25, 0.3) is 0 Å². The normalized spacial score (nSPS) is 12.9. The van der Waals surface area contributed by atoms with Crippen molar-refractivity contribution in [3.63, 3.8) is 0 Å². The molecule has 0 spiro atoms. The minimum atomic E-state index is -4.40. The van der Waals surface area contributed by atoms with Crippen molar-refractivity contribution in [2.24, 2.45) is 5.92 Å². The molecule has 0 saturated carbocycles. The fraction of sp³-hybridized carbons (Fsp3) is 0.379. The molecule has 0 bridgehead atoms. The zero-order valence-corrected chi connectivity index (χ0v) is 21.5. The van der Waals surface area contributed by atoms with Gasteiger partial charge >= 0.3 is 6.18 Å². The molecule has 0 N–H and O–H groups in total. The summed E-state index contributed by atoms with van der Waals surface area (Å²) in [6, 6.07) is 10.6. The van der Waals surface area contributed by atoms with Crippen molar-refractivity contribution >= 4 is 16.8 Å². The molecule has 36 heavy (non-hydrogen) atoms. The molecule has 3 rings (SSSR count). The first kappa shape index (κ1) is 27.2. The van der Waals surface area contributed by atoms with Crippen molar-refractivity contribution in [2.75, 3.05) is 7.11 Å². The highest BCUT2D eigenvalue weighted by Gasteiger charge is 2.30. The molecule has 1 atom stereocenters. The molecule has 0 amide bonds. The number of benzene rings is 2. The lowest BCUT2D eigenvalue weighted by molar-refractivity contribution is -0.137. The molecule has 1 aromatic heterocycles. The molecule has 0 radical (unpaired) electrons. The lowest BCUT2D eigenvalue weighted by Crippen LogP contribution is -2.20. The van der Waals surface area contributed by atoms with Gasteiger partial charge in [0, 0.05) is 17.0 Å². The topological polar surface area (TPSA) is 44.2 Å². The number of methoxy groups -OCH3 is 1. The van der Waals surface area contributed by atoms with Crippen LogP contribution in [-0.4, -0.2) is 22.7 Å². The summed E-state index contributed by atoms with van der Waals surface area (Å²) in [6.45, 7) is 16.0. The highest BCUT2D eigenvalue weighted by atomic mass is 19.4. The minimum Gasteiger partial charge on any atom is -0.497 e. The van der Waals surface area contributed by atoms with Crippen molar-refractivity contribution in [3.8, 4) is 11.3 Å². The Labute approximate surface area is 210 Å². The van der Waals surface area contributed by atoms with Crippen molar-refractivity contribution in [3.05, 3.63) is 78.2 Å². The lowest BCUT2D eigenvalue weighted by atomic mass is 9.98. The maximum absolute atomic E-state index is 13.1. The van der Waals surface area contributed by atoms with Crippen LogP contribution in [0.15, 0.2) is 61.4 Å². The Morgan fingerprint density at radius 1 is 0.972 bits per heavy atom. The van der Waals surface area contributed by atoms with E-state index in [4.69, 9.17) is 19.4 Å². The average molecular weight is 499 g/mol. The van der Waals surface area contributed by atoms with Gasteiger partial charge in [-0.25, -0.2) is 9.97 Å². The molecule has 0 aliphatic carbocycles. The zero-order valence-electron chi connectivity index (χ0n) is 21.5. The van der Waals surface area contributed by atoms with E-state index in [0.717, 1.165) is 42.0 Å². The molecular weight excluding hydrogens is 465 g/mol. The summed E-state index contributed by atoms with van der Waals surface area (Å²) in [5.74, 6) is 1.39. The van der Waals surface area contributed by atoms with Crippen LogP contribution in [0.4, 0.5) is 13.2 Å². The van der Waals surface area contributed by atoms with Gasteiger partial charge in [-0.05, 0) is 70.4 Å². The Bertz CT molecular complexity index is 1240. The van der Waals surface area contributed by atoms with Crippen LogP contribution >= 0.6 is 0 Å². The van der Waals surface area contributed by atoms with Gasteiger partial charge in [0.15, 0.2) is 0 Å². The van der Waals surface area contributed by atoms with Gasteiger partial charge in [-0.2, -0.15) is 13.2 Å². The van der Waals surface area contributed by atoms with Crippen molar-refractivity contribution < 1.29 is 22.6 Å².